The van der Waals surface area contributed by atoms with Crippen LogP contribution < -0.4 is 5.32 Å². The zero-order valence-electron chi connectivity index (χ0n) is 10.1. The summed E-state index contributed by atoms with van der Waals surface area (Å²) in [5.74, 6) is 0. The van der Waals surface area contributed by atoms with Gasteiger partial charge in [-0.1, -0.05) is 13.8 Å². The van der Waals surface area contributed by atoms with Crippen LogP contribution in [0.5, 0.6) is 0 Å². The van der Waals surface area contributed by atoms with Crippen LogP contribution in [0, 0.1) is 0 Å². The Morgan fingerprint density at radius 1 is 1.38 bits per heavy atom. The van der Waals surface area contributed by atoms with Gasteiger partial charge >= 0.3 is 0 Å². The van der Waals surface area contributed by atoms with Gasteiger partial charge in [0.1, 0.15) is 0 Å². The summed E-state index contributed by atoms with van der Waals surface area (Å²) >= 11 is 5.27. The minimum atomic E-state index is 0.986. The summed E-state index contributed by atoms with van der Waals surface area (Å²) in [5.41, 5.74) is 0. The minimum absolute atomic E-state index is 0.986. The maximum atomic E-state index is 3.49. The van der Waals surface area contributed by atoms with Crippen LogP contribution in [0.4, 0.5) is 0 Å². The van der Waals surface area contributed by atoms with Gasteiger partial charge in [-0.05, 0) is 41.5 Å². The second-order valence-corrected chi connectivity index (χ2v) is 5.75. The fraction of sp³-hybridized carbons (Fsp3) is 0.667. The predicted molar refractivity (Wildman–Crippen MR) is 76.1 cm³/mol. The van der Waals surface area contributed by atoms with Crippen LogP contribution in [-0.2, 0) is 6.54 Å². The first-order chi connectivity index (χ1) is 7.76. The van der Waals surface area contributed by atoms with Crippen LogP contribution in [0.1, 0.15) is 25.1 Å². The molecule has 0 atom stereocenters. The van der Waals surface area contributed by atoms with Crippen molar-refractivity contribution < 1.29 is 0 Å². The molecule has 0 aromatic carbocycles. The lowest BCUT2D eigenvalue weighted by atomic mass is 10.4. The lowest BCUT2D eigenvalue weighted by Crippen LogP contribution is -2.32. The van der Waals surface area contributed by atoms with Gasteiger partial charge in [-0.3, -0.25) is 0 Å². The summed E-state index contributed by atoms with van der Waals surface area (Å²) in [6.45, 7) is 10.0. The van der Waals surface area contributed by atoms with E-state index in [1.54, 1.807) is 11.3 Å². The number of thiophene rings is 1. The number of likely N-dealkylation sites (N-methyl/N-ethyl adjacent to an activating group) is 1. The number of rotatable bonds is 8. The Morgan fingerprint density at radius 3 is 2.75 bits per heavy atom. The van der Waals surface area contributed by atoms with Crippen molar-refractivity contribution in [2.75, 3.05) is 26.2 Å². The average Bonchev–Trinajstić information content (AvgIpc) is 2.69. The first kappa shape index (κ1) is 14.2. The highest BCUT2D eigenvalue weighted by molar-refractivity contribution is 9.10. The second kappa shape index (κ2) is 8.23. The van der Waals surface area contributed by atoms with E-state index in [1.807, 2.05) is 0 Å². The summed E-state index contributed by atoms with van der Waals surface area (Å²) in [6, 6.07) is 2.18. The number of nitrogens with one attached hydrogen (secondary N) is 1. The highest BCUT2D eigenvalue weighted by atomic mass is 79.9. The summed E-state index contributed by atoms with van der Waals surface area (Å²) in [5, 5.41) is 5.62. The predicted octanol–water partition coefficient (Wildman–Crippen LogP) is 3.33. The van der Waals surface area contributed by atoms with Crippen LogP contribution in [0.3, 0.4) is 0 Å². The lowest BCUT2D eigenvalue weighted by molar-refractivity contribution is 0.287. The van der Waals surface area contributed by atoms with E-state index in [9.17, 15) is 0 Å². The Morgan fingerprint density at radius 2 is 2.19 bits per heavy atom. The van der Waals surface area contributed by atoms with Crippen molar-refractivity contribution in [2.45, 2.75) is 26.8 Å². The van der Waals surface area contributed by atoms with Crippen molar-refractivity contribution in [1.29, 1.82) is 0 Å². The third kappa shape index (κ3) is 5.43. The van der Waals surface area contributed by atoms with Crippen LogP contribution in [0.25, 0.3) is 0 Å². The highest BCUT2D eigenvalue weighted by Gasteiger charge is 2.00. The first-order valence-corrected chi connectivity index (χ1v) is 7.59. The molecule has 1 aromatic heterocycles. The standard InChI is InChI=1S/C12H21BrN2S/c1-3-6-15(4-2)7-5-14-9-12-8-11(13)10-16-12/h8,10,14H,3-7,9H2,1-2H3. The van der Waals surface area contributed by atoms with Gasteiger partial charge in [0.2, 0.25) is 0 Å². The maximum Gasteiger partial charge on any atom is 0.0300 e. The molecule has 0 aliphatic rings. The fourth-order valence-corrected chi connectivity index (χ4v) is 3.06. The van der Waals surface area contributed by atoms with E-state index in [0.29, 0.717) is 0 Å². The molecule has 0 bridgehead atoms. The van der Waals surface area contributed by atoms with Crippen molar-refractivity contribution in [3.63, 3.8) is 0 Å². The molecule has 1 rings (SSSR count). The Balaban J connectivity index is 2.11. The number of nitrogens with zero attached hydrogens (tertiary/aromatic N) is 1. The maximum absolute atomic E-state index is 3.49. The molecule has 92 valence electrons. The molecule has 0 fully saturated rings. The molecule has 0 aliphatic carbocycles. The van der Waals surface area contributed by atoms with E-state index in [4.69, 9.17) is 0 Å². The van der Waals surface area contributed by atoms with Gasteiger partial charge in [-0.25, -0.2) is 0 Å². The van der Waals surface area contributed by atoms with E-state index < -0.39 is 0 Å². The summed E-state index contributed by atoms with van der Waals surface area (Å²) < 4.78 is 1.19. The molecule has 2 nitrogen and oxygen atoms in total. The molecule has 0 aliphatic heterocycles. The number of hydrogen-bond donors (Lipinski definition) is 1. The van der Waals surface area contributed by atoms with Crippen molar-refractivity contribution in [3.8, 4) is 0 Å². The first-order valence-electron chi connectivity index (χ1n) is 5.92. The summed E-state index contributed by atoms with van der Waals surface area (Å²) in [4.78, 5) is 3.88. The average molecular weight is 305 g/mol. The Labute approximate surface area is 111 Å². The molecule has 1 heterocycles. The van der Waals surface area contributed by atoms with Crippen LogP contribution in [0.15, 0.2) is 15.9 Å². The van der Waals surface area contributed by atoms with Crippen molar-refractivity contribution in [3.05, 3.63) is 20.8 Å². The van der Waals surface area contributed by atoms with Gasteiger partial charge in [0.25, 0.3) is 0 Å². The van der Waals surface area contributed by atoms with E-state index in [1.165, 1.54) is 22.3 Å². The number of hydrogen-bond acceptors (Lipinski definition) is 3. The zero-order valence-corrected chi connectivity index (χ0v) is 12.5. The van der Waals surface area contributed by atoms with Gasteiger partial charge in [-0.2, -0.15) is 0 Å². The molecule has 0 saturated carbocycles. The largest absolute Gasteiger partial charge is 0.311 e. The molecule has 1 aromatic rings. The van der Waals surface area contributed by atoms with Gasteiger partial charge in [0, 0.05) is 34.4 Å². The normalized spacial score (nSPS) is 11.2. The molecular formula is C12H21BrN2S. The molecule has 4 heteroatoms. The third-order valence-electron chi connectivity index (χ3n) is 2.51. The van der Waals surface area contributed by atoms with E-state index in [-0.39, 0.29) is 0 Å². The summed E-state index contributed by atoms with van der Waals surface area (Å²) in [6.07, 6.45) is 1.24. The topological polar surface area (TPSA) is 15.3 Å². The van der Waals surface area contributed by atoms with E-state index in [2.05, 4.69) is 51.4 Å². The molecular weight excluding hydrogens is 284 g/mol. The monoisotopic (exact) mass is 304 g/mol. The van der Waals surface area contributed by atoms with E-state index in [0.717, 1.165) is 26.2 Å². The third-order valence-corrected chi connectivity index (χ3v) is 4.21. The number of halogens is 1. The van der Waals surface area contributed by atoms with Gasteiger partial charge in [0.05, 0.1) is 0 Å². The van der Waals surface area contributed by atoms with Gasteiger partial charge < -0.3 is 10.2 Å². The molecule has 1 N–H and O–H groups in total. The molecule has 0 radical (unpaired) electrons. The molecule has 0 unspecified atom stereocenters. The molecule has 0 amide bonds. The minimum Gasteiger partial charge on any atom is -0.311 e. The van der Waals surface area contributed by atoms with Crippen LogP contribution in [-0.4, -0.2) is 31.1 Å². The Hall–Kier alpha value is 0.1000. The van der Waals surface area contributed by atoms with Crippen LogP contribution in [0.2, 0.25) is 0 Å². The SMILES string of the molecule is CCCN(CC)CCNCc1cc(Br)cs1. The summed E-state index contributed by atoms with van der Waals surface area (Å²) in [7, 11) is 0. The quantitative estimate of drug-likeness (QED) is 0.741. The molecule has 16 heavy (non-hydrogen) atoms. The molecule has 0 saturated heterocycles. The lowest BCUT2D eigenvalue weighted by Gasteiger charge is -2.19. The van der Waals surface area contributed by atoms with E-state index >= 15 is 0 Å². The van der Waals surface area contributed by atoms with Gasteiger partial charge in [-0.15, -0.1) is 11.3 Å². The van der Waals surface area contributed by atoms with Crippen LogP contribution >= 0.6 is 27.3 Å². The van der Waals surface area contributed by atoms with Crippen molar-refractivity contribution in [1.82, 2.24) is 10.2 Å². The second-order valence-electron chi connectivity index (χ2n) is 3.84. The van der Waals surface area contributed by atoms with Crippen molar-refractivity contribution in [2.24, 2.45) is 0 Å². The van der Waals surface area contributed by atoms with Gasteiger partial charge in [0.15, 0.2) is 0 Å². The fourth-order valence-electron chi connectivity index (χ4n) is 1.64. The Kier molecular flexibility index (Phi) is 7.28. The Bertz CT molecular complexity index is 288. The molecule has 0 spiro atoms. The highest BCUT2D eigenvalue weighted by Crippen LogP contribution is 2.19. The smallest absolute Gasteiger partial charge is 0.0300 e. The van der Waals surface area contributed by atoms with Crippen molar-refractivity contribution >= 4 is 27.3 Å². The zero-order chi connectivity index (χ0) is 11.8.